The SMILES string of the molecule is NC1=NC(c2ccc(Br)cc2)n2c(nc(C(F)(F)F)cc2=O)N1. The zero-order valence-electron chi connectivity index (χ0n) is 11.3. The van der Waals surface area contributed by atoms with Crippen LogP contribution in [0.25, 0.3) is 0 Å². The molecule has 10 heteroatoms. The molecule has 1 aliphatic rings. The van der Waals surface area contributed by atoms with Gasteiger partial charge in [0.05, 0.1) is 0 Å². The summed E-state index contributed by atoms with van der Waals surface area (Å²) in [6.45, 7) is 0. The van der Waals surface area contributed by atoms with Crippen molar-refractivity contribution in [1.29, 1.82) is 0 Å². The van der Waals surface area contributed by atoms with Crippen LogP contribution in [0.3, 0.4) is 0 Å². The van der Waals surface area contributed by atoms with E-state index in [2.05, 4.69) is 31.2 Å². The normalized spacial score (nSPS) is 17.2. The zero-order valence-corrected chi connectivity index (χ0v) is 12.9. The van der Waals surface area contributed by atoms with Gasteiger partial charge < -0.3 is 5.73 Å². The molecule has 1 aromatic carbocycles. The third-order valence-electron chi connectivity index (χ3n) is 3.16. The van der Waals surface area contributed by atoms with Crippen molar-refractivity contribution in [1.82, 2.24) is 9.55 Å². The predicted octanol–water partition coefficient (Wildman–Crippen LogP) is 2.31. The highest BCUT2D eigenvalue weighted by Gasteiger charge is 2.35. The molecule has 2 aromatic rings. The molecule has 0 radical (unpaired) electrons. The van der Waals surface area contributed by atoms with Gasteiger partial charge in [-0.3, -0.25) is 14.7 Å². The molecule has 0 bridgehead atoms. The van der Waals surface area contributed by atoms with E-state index in [1.807, 2.05) is 0 Å². The van der Waals surface area contributed by atoms with E-state index in [-0.39, 0.29) is 11.9 Å². The van der Waals surface area contributed by atoms with Gasteiger partial charge >= 0.3 is 6.18 Å². The number of halogens is 4. The van der Waals surface area contributed by atoms with Crippen molar-refractivity contribution >= 4 is 27.8 Å². The van der Waals surface area contributed by atoms with Crippen LogP contribution in [0.4, 0.5) is 19.1 Å². The quantitative estimate of drug-likeness (QED) is 0.786. The first kappa shape index (κ1) is 15.5. The van der Waals surface area contributed by atoms with Crippen molar-refractivity contribution in [2.45, 2.75) is 12.3 Å². The summed E-state index contributed by atoms with van der Waals surface area (Å²) >= 11 is 3.28. The van der Waals surface area contributed by atoms with E-state index >= 15 is 0 Å². The van der Waals surface area contributed by atoms with Gasteiger partial charge in [-0.1, -0.05) is 28.1 Å². The van der Waals surface area contributed by atoms with Crippen LogP contribution in [-0.2, 0) is 6.18 Å². The van der Waals surface area contributed by atoms with Gasteiger partial charge in [0, 0.05) is 10.5 Å². The Morgan fingerprint density at radius 2 is 1.91 bits per heavy atom. The summed E-state index contributed by atoms with van der Waals surface area (Å²) < 4.78 is 40.2. The number of nitrogens with zero attached hydrogens (tertiary/aromatic N) is 3. The molecule has 0 spiro atoms. The Morgan fingerprint density at radius 3 is 2.52 bits per heavy atom. The molecular formula is C13H9BrF3N5O. The van der Waals surface area contributed by atoms with E-state index in [4.69, 9.17) is 5.73 Å². The van der Waals surface area contributed by atoms with Gasteiger partial charge in [-0.15, -0.1) is 0 Å². The van der Waals surface area contributed by atoms with Crippen LogP contribution in [0.5, 0.6) is 0 Å². The fourth-order valence-corrected chi connectivity index (χ4v) is 2.42. The maximum Gasteiger partial charge on any atom is 0.433 e. The van der Waals surface area contributed by atoms with Gasteiger partial charge in [-0.2, -0.15) is 13.2 Å². The molecule has 23 heavy (non-hydrogen) atoms. The van der Waals surface area contributed by atoms with Gasteiger partial charge in [0.2, 0.25) is 5.95 Å². The van der Waals surface area contributed by atoms with Crippen molar-refractivity contribution in [3.05, 3.63) is 56.4 Å². The smallest absolute Gasteiger partial charge is 0.370 e. The van der Waals surface area contributed by atoms with Crippen molar-refractivity contribution in [3.63, 3.8) is 0 Å². The van der Waals surface area contributed by atoms with Crippen LogP contribution in [0.2, 0.25) is 0 Å². The molecule has 0 saturated carbocycles. The number of fused-ring (bicyclic) bond motifs is 1. The highest BCUT2D eigenvalue weighted by molar-refractivity contribution is 9.10. The largest absolute Gasteiger partial charge is 0.433 e. The van der Waals surface area contributed by atoms with E-state index in [9.17, 15) is 18.0 Å². The second-order valence-corrected chi connectivity index (χ2v) is 5.65. The number of hydrogen-bond donors (Lipinski definition) is 2. The Kier molecular flexibility index (Phi) is 3.63. The van der Waals surface area contributed by atoms with Crippen LogP contribution in [0.1, 0.15) is 17.4 Å². The van der Waals surface area contributed by atoms with Crippen molar-refractivity contribution in [2.24, 2.45) is 10.7 Å². The number of nitrogens with two attached hydrogens (primary N) is 1. The van der Waals surface area contributed by atoms with Crippen LogP contribution in [-0.4, -0.2) is 15.5 Å². The summed E-state index contributed by atoms with van der Waals surface area (Å²) in [5.74, 6) is -0.422. The van der Waals surface area contributed by atoms with Gasteiger partial charge in [-0.05, 0) is 17.7 Å². The van der Waals surface area contributed by atoms with Crippen LogP contribution < -0.4 is 16.6 Å². The Hall–Kier alpha value is -2.36. The maximum atomic E-state index is 12.8. The highest BCUT2D eigenvalue weighted by Crippen LogP contribution is 2.30. The molecule has 1 aromatic heterocycles. The number of aliphatic imine (C=N–C) groups is 1. The minimum atomic E-state index is -4.73. The molecule has 1 unspecified atom stereocenters. The first-order valence-corrected chi connectivity index (χ1v) is 7.11. The second kappa shape index (κ2) is 5.37. The average molecular weight is 388 g/mol. The number of alkyl halides is 3. The minimum absolute atomic E-state index is 0.121. The number of aromatic nitrogens is 2. The Balaban J connectivity index is 2.17. The van der Waals surface area contributed by atoms with Crippen LogP contribution in [0.15, 0.2) is 44.6 Å². The van der Waals surface area contributed by atoms with Gasteiger partial charge in [0.1, 0.15) is 0 Å². The fourth-order valence-electron chi connectivity index (χ4n) is 2.16. The lowest BCUT2D eigenvalue weighted by atomic mass is 10.1. The minimum Gasteiger partial charge on any atom is -0.370 e. The Bertz CT molecular complexity index is 844. The lowest BCUT2D eigenvalue weighted by Gasteiger charge is -2.25. The molecule has 2 heterocycles. The standard InChI is InChI=1S/C13H9BrF3N5O/c14-7-3-1-6(2-4-7)10-20-11(18)21-12-19-8(13(15,16)17)5-9(23)22(10)12/h1-5,10H,(H3,18,19,20,21). The lowest BCUT2D eigenvalue weighted by molar-refractivity contribution is -0.141. The van der Waals surface area contributed by atoms with E-state index in [0.717, 1.165) is 9.04 Å². The molecule has 0 saturated heterocycles. The summed E-state index contributed by atoms with van der Waals surface area (Å²) in [5.41, 5.74) is 4.03. The average Bonchev–Trinajstić information content (AvgIpc) is 2.45. The molecule has 0 amide bonds. The second-order valence-electron chi connectivity index (χ2n) is 4.74. The zero-order chi connectivity index (χ0) is 16.8. The number of rotatable bonds is 1. The lowest BCUT2D eigenvalue weighted by Crippen LogP contribution is -2.38. The monoisotopic (exact) mass is 387 g/mol. The number of anilines is 1. The summed E-state index contributed by atoms with van der Waals surface area (Å²) in [5, 5.41) is 2.39. The van der Waals surface area contributed by atoms with Gasteiger partial charge in [-0.25, -0.2) is 9.98 Å². The third kappa shape index (κ3) is 2.93. The number of guanidine groups is 1. The van der Waals surface area contributed by atoms with E-state index < -0.39 is 23.6 Å². The van der Waals surface area contributed by atoms with Crippen LogP contribution >= 0.6 is 15.9 Å². The molecule has 6 nitrogen and oxygen atoms in total. The third-order valence-corrected chi connectivity index (χ3v) is 3.69. The van der Waals surface area contributed by atoms with E-state index in [1.54, 1.807) is 24.3 Å². The van der Waals surface area contributed by atoms with Crippen molar-refractivity contribution < 1.29 is 13.2 Å². The summed E-state index contributed by atoms with van der Waals surface area (Å²) in [6, 6.07) is 7.26. The molecular weight excluding hydrogens is 379 g/mol. The number of hydrogen-bond acceptors (Lipinski definition) is 5. The van der Waals surface area contributed by atoms with Crippen molar-refractivity contribution in [3.8, 4) is 0 Å². The van der Waals surface area contributed by atoms with E-state index in [1.165, 1.54) is 0 Å². The molecule has 0 aliphatic carbocycles. The molecule has 1 aliphatic heterocycles. The topological polar surface area (TPSA) is 85.3 Å². The summed E-state index contributed by atoms with van der Waals surface area (Å²) in [6.07, 6.45) is -5.62. The predicted molar refractivity (Wildman–Crippen MR) is 81.0 cm³/mol. The van der Waals surface area contributed by atoms with Crippen LogP contribution in [0, 0.1) is 0 Å². The summed E-state index contributed by atoms with van der Waals surface area (Å²) in [7, 11) is 0. The Morgan fingerprint density at radius 1 is 1.26 bits per heavy atom. The molecule has 0 fully saturated rings. The number of nitrogens with one attached hydrogen (secondary N) is 1. The van der Waals surface area contributed by atoms with Gasteiger partial charge in [0.25, 0.3) is 5.56 Å². The van der Waals surface area contributed by atoms with Crippen molar-refractivity contribution in [2.75, 3.05) is 5.32 Å². The first-order valence-electron chi connectivity index (χ1n) is 6.32. The van der Waals surface area contributed by atoms with Gasteiger partial charge in [0.15, 0.2) is 17.8 Å². The maximum absolute atomic E-state index is 12.8. The summed E-state index contributed by atoms with van der Waals surface area (Å²) in [4.78, 5) is 19.7. The number of benzene rings is 1. The molecule has 120 valence electrons. The Labute approximate surface area is 136 Å². The molecule has 1 atom stereocenters. The molecule has 3 rings (SSSR count). The fraction of sp³-hybridized carbons (Fsp3) is 0.154. The highest BCUT2D eigenvalue weighted by atomic mass is 79.9. The first-order chi connectivity index (χ1) is 10.8. The molecule has 3 N–H and O–H groups in total. The van der Waals surface area contributed by atoms with E-state index in [0.29, 0.717) is 11.6 Å².